The lowest BCUT2D eigenvalue weighted by atomic mass is 10.3. The number of hydrogen-bond acceptors (Lipinski definition) is 2. The molecule has 5 heteroatoms. The maximum Gasteiger partial charge on any atom is 0.125 e. The summed E-state index contributed by atoms with van der Waals surface area (Å²) in [4.78, 5) is 8.89. The van der Waals surface area contributed by atoms with Crippen LogP contribution in [0, 0.1) is 12.7 Å². The maximum absolute atomic E-state index is 13.4. The molecule has 20 heavy (non-hydrogen) atoms. The largest absolute Gasteiger partial charge is 0.321 e. The molecule has 3 aromatic rings. The number of nitrogens with zero attached hydrogens (tertiary/aromatic N) is 3. The molecule has 0 bridgehead atoms. The lowest BCUT2D eigenvalue weighted by Gasteiger charge is -2.08. The monoisotopic (exact) mass is 289 g/mol. The van der Waals surface area contributed by atoms with Crippen LogP contribution in [0.4, 0.5) is 4.39 Å². The molecule has 0 aliphatic heterocycles. The number of halogens is 2. The van der Waals surface area contributed by atoms with Gasteiger partial charge < -0.3 is 4.57 Å². The summed E-state index contributed by atoms with van der Waals surface area (Å²) in [6.07, 6.45) is 0. The highest BCUT2D eigenvalue weighted by Crippen LogP contribution is 2.20. The van der Waals surface area contributed by atoms with Gasteiger partial charge in [-0.25, -0.2) is 9.37 Å². The second kappa shape index (κ2) is 5.21. The second-order valence-corrected chi connectivity index (χ2v) is 4.92. The van der Waals surface area contributed by atoms with Gasteiger partial charge in [-0.2, -0.15) is 0 Å². The van der Waals surface area contributed by atoms with E-state index >= 15 is 0 Å². The van der Waals surface area contributed by atoms with Crippen LogP contribution in [-0.2, 0) is 12.4 Å². The number of benzene rings is 1. The molecule has 0 aliphatic carbocycles. The Morgan fingerprint density at radius 3 is 2.80 bits per heavy atom. The molecule has 2 heterocycles. The van der Waals surface area contributed by atoms with Gasteiger partial charge in [-0.3, -0.25) is 4.98 Å². The standard InChI is InChI=1S/C15H13ClFN3/c1-10-3-2-4-12(18-10)9-20-14-7-11(17)5-6-13(14)19-15(20)8-16/h2-7H,8-9H2,1H3. The first kappa shape index (κ1) is 13.1. The van der Waals surface area contributed by atoms with Crippen LogP contribution < -0.4 is 0 Å². The smallest absolute Gasteiger partial charge is 0.125 e. The van der Waals surface area contributed by atoms with Crippen LogP contribution in [0.2, 0.25) is 0 Å². The van der Waals surface area contributed by atoms with Crippen LogP contribution in [0.1, 0.15) is 17.2 Å². The molecule has 0 saturated heterocycles. The molecule has 1 aromatic carbocycles. The average Bonchev–Trinajstić information content (AvgIpc) is 2.76. The van der Waals surface area contributed by atoms with Gasteiger partial charge in [0.15, 0.2) is 0 Å². The van der Waals surface area contributed by atoms with Gasteiger partial charge in [0.25, 0.3) is 0 Å². The van der Waals surface area contributed by atoms with Crippen molar-refractivity contribution in [3.63, 3.8) is 0 Å². The van der Waals surface area contributed by atoms with Crippen molar-refractivity contribution in [2.75, 3.05) is 0 Å². The number of pyridine rings is 1. The summed E-state index contributed by atoms with van der Waals surface area (Å²) < 4.78 is 15.4. The summed E-state index contributed by atoms with van der Waals surface area (Å²) in [6.45, 7) is 2.47. The first-order valence-corrected chi connectivity index (χ1v) is 6.84. The average molecular weight is 290 g/mol. The second-order valence-electron chi connectivity index (χ2n) is 4.65. The van der Waals surface area contributed by atoms with Crippen molar-refractivity contribution in [3.8, 4) is 0 Å². The van der Waals surface area contributed by atoms with Crippen LogP contribution >= 0.6 is 11.6 Å². The summed E-state index contributed by atoms with van der Waals surface area (Å²) in [7, 11) is 0. The highest BCUT2D eigenvalue weighted by molar-refractivity contribution is 6.16. The Kier molecular flexibility index (Phi) is 3.40. The van der Waals surface area contributed by atoms with Crippen molar-refractivity contribution in [2.45, 2.75) is 19.3 Å². The van der Waals surface area contributed by atoms with Gasteiger partial charge in [0.1, 0.15) is 11.6 Å². The molecule has 102 valence electrons. The summed E-state index contributed by atoms with van der Waals surface area (Å²) in [5, 5.41) is 0. The SMILES string of the molecule is Cc1cccc(Cn2c(CCl)nc3ccc(F)cc32)n1. The van der Waals surface area contributed by atoms with E-state index in [0.717, 1.165) is 28.2 Å². The number of aromatic nitrogens is 3. The molecule has 0 N–H and O–H groups in total. The predicted octanol–water partition coefficient (Wildman–Crippen LogP) is 3.67. The number of imidazole rings is 1. The molecule has 0 atom stereocenters. The third-order valence-electron chi connectivity index (χ3n) is 3.17. The third kappa shape index (κ3) is 2.39. The minimum absolute atomic E-state index is 0.280. The van der Waals surface area contributed by atoms with Gasteiger partial charge in [0.2, 0.25) is 0 Å². The van der Waals surface area contributed by atoms with Crippen molar-refractivity contribution in [1.82, 2.24) is 14.5 Å². The van der Waals surface area contributed by atoms with Crippen LogP contribution in [-0.4, -0.2) is 14.5 Å². The fourth-order valence-corrected chi connectivity index (χ4v) is 2.48. The molecule has 3 nitrogen and oxygen atoms in total. The molecule has 0 fully saturated rings. The van der Waals surface area contributed by atoms with E-state index in [0.29, 0.717) is 6.54 Å². The van der Waals surface area contributed by atoms with Gasteiger partial charge >= 0.3 is 0 Å². The van der Waals surface area contributed by atoms with Crippen LogP contribution in [0.25, 0.3) is 11.0 Å². The molecule has 0 unspecified atom stereocenters. The highest BCUT2D eigenvalue weighted by atomic mass is 35.5. The number of rotatable bonds is 3. The quantitative estimate of drug-likeness (QED) is 0.689. The van der Waals surface area contributed by atoms with Crippen molar-refractivity contribution >= 4 is 22.6 Å². The topological polar surface area (TPSA) is 30.7 Å². The minimum Gasteiger partial charge on any atom is -0.321 e. The Labute approximate surface area is 121 Å². The number of alkyl halides is 1. The van der Waals surface area contributed by atoms with E-state index in [1.54, 1.807) is 6.07 Å². The van der Waals surface area contributed by atoms with Gasteiger partial charge in [0.05, 0.1) is 29.2 Å². The van der Waals surface area contributed by atoms with Gasteiger partial charge in [-0.05, 0) is 37.3 Å². The zero-order valence-corrected chi connectivity index (χ0v) is 11.7. The summed E-state index contributed by atoms with van der Waals surface area (Å²) >= 11 is 5.94. The Bertz CT molecular complexity index is 767. The third-order valence-corrected chi connectivity index (χ3v) is 3.41. The molecule has 0 spiro atoms. The number of fused-ring (bicyclic) bond motifs is 1. The first-order valence-electron chi connectivity index (χ1n) is 6.30. The fraction of sp³-hybridized carbons (Fsp3) is 0.200. The van der Waals surface area contributed by atoms with E-state index in [1.807, 2.05) is 29.7 Å². The van der Waals surface area contributed by atoms with E-state index in [2.05, 4.69) is 9.97 Å². The predicted molar refractivity (Wildman–Crippen MR) is 77.3 cm³/mol. The summed E-state index contributed by atoms with van der Waals surface area (Å²) in [6, 6.07) is 10.4. The zero-order chi connectivity index (χ0) is 14.1. The molecule has 0 saturated carbocycles. The number of hydrogen-bond donors (Lipinski definition) is 0. The number of aryl methyl sites for hydroxylation is 1. The molecule has 3 rings (SSSR count). The van der Waals surface area contributed by atoms with Gasteiger partial charge in [0, 0.05) is 5.69 Å². The normalized spacial score (nSPS) is 11.2. The van der Waals surface area contributed by atoms with Crippen LogP contribution in [0.5, 0.6) is 0 Å². The van der Waals surface area contributed by atoms with Crippen LogP contribution in [0.15, 0.2) is 36.4 Å². The van der Waals surface area contributed by atoms with E-state index in [9.17, 15) is 4.39 Å². The molecular weight excluding hydrogens is 277 g/mol. The van der Waals surface area contributed by atoms with E-state index in [4.69, 9.17) is 11.6 Å². The summed E-state index contributed by atoms with van der Waals surface area (Å²) in [5.74, 6) is 0.717. The van der Waals surface area contributed by atoms with Crippen molar-refractivity contribution in [1.29, 1.82) is 0 Å². The van der Waals surface area contributed by atoms with Crippen molar-refractivity contribution in [2.24, 2.45) is 0 Å². The zero-order valence-electron chi connectivity index (χ0n) is 11.0. The Morgan fingerprint density at radius 2 is 2.05 bits per heavy atom. The van der Waals surface area contributed by atoms with Crippen molar-refractivity contribution < 1.29 is 4.39 Å². The highest BCUT2D eigenvalue weighted by Gasteiger charge is 2.11. The van der Waals surface area contributed by atoms with E-state index in [1.165, 1.54) is 12.1 Å². The lowest BCUT2D eigenvalue weighted by Crippen LogP contribution is -2.06. The van der Waals surface area contributed by atoms with Gasteiger partial charge in [-0.15, -0.1) is 11.6 Å². The maximum atomic E-state index is 13.4. The van der Waals surface area contributed by atoms with E-state index < -0.39 is 0 Å². The molecule has 0 aliphatic rings. The fourth-order valence-electron chi connectivity index (χ4n) is 2.27. The van der Waals surface area contributed by atoms with Crippen molar-refractivity contribution in [3.05, 3.63) is 59.4 Å². The molecule has 0 radical (unpaired) electrons. The molecule has 0 amide bonds. The van der Waals surface area contributed by atoms with Gasteiger partial charge in [-0.1, -0.05) is 6.07 Å². The first-order chi connectivity index (χ1) is 9.67. The summed E-state index contributed by atoms with van der Waals surface area (Å²) in [5.41, 5.74) is 3.34. The molecule has 2 aromatic heterocycles. The van der Waals surface area contributed by atoms with E-state index in [-0.39, 0.29) is 11.7 Å². The van der Waals surface area contributed by atoms with Crippen LogP contribution in [0.3, 0.4) is 0 Å². The lowest BCUT2D eigenvalue weighted by molar-refractivity contribution is 0.628. The Morgan fingerprint density at radius 1 is 1.20 bits per heavy atom. The Hall–Kier alpha value is -1.94. The minimum atomic E-state index is -0.281. The molecular formula is C15H13ClFN3. The Balaban J connectivity index is 2.11.